The highest BCUT2D eigenvalue weighted by Gasteiger charge is 2.51. The second-order valence-electron chi connectivity index (χ2n) is 9.55. The Morgan fingerprint density at radius 3 is 2.29 bits per heavy atom. The Bertz CT molecular complexity index is 831. The van der Waals surface area contributed by atoms with Crippen LogP contribution in [0.3, 0.4) is 0 Å². The van der Waals surface area contributed by atoms with Crippen molar-refractivity contribution < 1.29 is 32.2 Å². The molecular weight excluding hydrogens is 413 g/mol. The van der Waals surface area contributed by atoms with E-state index in [2.05, 4.69) is 15.4 Å². The van der Waals surface area contributed by atoms with E-state index in [1.54, 1.807) is 27.7 Å². The zero-order chi connectivity index (χ0) is 23.8. The molecule has 0 spiro atoms. The van der Waals surface area contributed by atoms with Crippen molar-refractivity contribution in [2.75, 3.05) is 12.4 Å². The molecule has 2 N–H and O–H groups in total. The largest absolute Gasteiger partial charge is 0.465 e. The third-order valence-corrected chi connectivity index (χ3v) is 5.77. The molecule has 6 nitrogen and oxygen atoms in total. The first-order valence-corrected chi connectivity index (χ1v) is 10.1. The number of benzene rings is 1. The van der Waals surface area contributed by atoms with Crippen LogP contribution in [0.5, 0.6) is 0 Å². The average Bonchev–Trinajstić information content (AvgIpc) is 2.61. The fourth-order valence-electron chi connectivity index (χ4n) is 4.00. The van der Waals surface area contributed by atoms with Crippen molar-refractivity contribution in [1.29, 1.82) is 0 Å². The lowest BCUT2D eigenvalue weighted by atomic mass is 9.56. The second-order valence-corrected chi connectivity index (χ2v) is 9.55. The Morgan fingerprint density at radius 2 is 1.81 bits per heavy atom. The lowest BCUT2D eigenvalue weighted by molar-refractivity contribution is -0.137. The Hall–Kier alpha value is -2.45. The number of hydrogen-bond acceptors (Lipinski definition) is 5. The van der Waals surface area contributed by atoms with Crippen LogP contribution >= 0.6 is 0 Å². The molecule has 1 fully saturated rings. The fourth-order valence-corrected chi connectivity index (χ4v) is 4.00. The molecule has 3 atom stereocenters. The average molecular weight is 444 g/mol. The van der Waals surface area contributed by atoms with Gasteiger partial charge in [0.2, 0.25) is 0 Å². The number of esters is 1. The predicted octanol–water partition coefficient (Wildman–Crippen LogP) is 5.23. The van der Waals surface area contributed by atoms with Gasteiger partial charge in [-0.25, -0.2) is 9.59 Å². The summed E-state index contributed by atoms with van der Waals surface area (Å²) in [5.74, 6) is -0.731. The molecule has 1 aliphatic carbocycles. The van der Waals surface area contributed by atoms with Gasteiger partial charge in [0.1, 0.15) is 5.60 Å². The minimum Gasteiger partial charge on any atom is -0.465 e. The highest BCUT2D eigenvalue weighted by Crippen LogP contribution is 2.49. The minimum atomic E-state index is -4.58. The molecule has 1 aromatic rings. The molecule has 0 bridgehead atoms. The van der Waals surface area contributed by atoms with E-state index in [9.17, 15) is 22.8 Å². The highest BCUT2D eigenvalue weighted by atomic mass is 19.4. The number of carbonyl (C=O) groups excluding carboxylic acids is 2. The van der Waals surface area contributed by atoms with Gasteiger partial charge in [-0.15, -0.1) is 0 Å². The van der Waals surface area contributed by atoms with Crippen molar-refractivity contribution in [2.24, 2.45) is 11.3 Å². The summed E-state index contributed by atoms with van der Waals surface area (Å²) in [5, 5.41) is 5.78. The van der Waals surface area contributed by atoms with Crippen LogP contribution in [0.1, 0.15) is 63.9 Å². The summed E-state index contributed by atoms with van der Waals surface area (Å²) in [4.78, 5) is 23.9. The first-order chi connectivity index (χ1) is 14.1. The number of methoxy groups -OCH3 is 1. The number of rotatable bonds is 5. The molecule has 2 rings (SSSR count). The van der Waals surface area contributed by atoms with E-state index in [0.29, 0.717) is 6.42 Å². The van der Waals surface area contributed by atoms with Crippen molar-refractivity contribution in [2.45, 2.75) is 71.8 Å². The molecule has 0 heterocycles. The summed E-state index contributed by atoms with van der Waals surface area (Å²) in [6, 6.07) is 2.62. The number of alkyl carbamates (subject to hydrolysis) is 1. The monoisotopic (exact) mass is 444 g/mol. The number of hydrogen-bond donors (Lipinski definition) is 2. The number of halogens is 3. The van der Waals surface area contributed by atoms with Gasteiger partial charge in [-0.2, -0.15) is 13.2 Å². The standard InChI is InChI=1S/C22H31F3N2O4/c1-12(15-11-17(21(15,5)6)27-19(29)31-20(2,3)4)26-16-10-13(18(28)30-7)8-9-14(16)22(23,24)25/h8-10,12,15,17,26H,11H2,1-7H3,(H,27,29)/t12?,15-,17-/m0/s1. The lowest BCUT2D eigenvalue weighted by Gasteiger charge is -2.54. The van der Waals surface area contributed by atoms with Gasteiger partial charge in [0.05, 0.1) is 18.2 Å². The number of anilines is 1. The summed E-state index contributed by atoms with van der Waals surface area (Å²) < 4.78 is 50.4. The summed E-state index contributed by atoms with van der Waals surface area (Å²) in [6.45, 7) is 11.0. The van der Waals surface area contributed by atoms with Gasteiger partial charge in [-0.1, -0.05) is 13.8 Å². The topological polar surface area (TPSA) is 76.7 Å². The van der Waals surface area contributed by atoms with E-state index in [1.807, 2.05) is 13.8 Å². The highest BCUT2D eigenvalue weighted by molar-refractivity contribution is 5.90. The van der Waals surface area contributed by atoms with Crippen molar-refractivity contribution in [3.8, 4) is 0 Å². The van der Waals surface area contributed by atoms with Gasteiger partial charge < -0.3 is 20.1 Å². The number of alkyl halides is 3. The van der Waals surface area contributed by atoms with Gasteiger partial charge >= 0.3 is 18.2 Å². The molecule has 1 saturated carbocycles. The molecule has 1 amide bonds. The maximum absolute atomic E-state index is 13.5. The molecule has 0 radical (unpaired) electrons. The van der Waals surface area contributed by atoms with Crippen LogP contribution in [-0.2, 0) is 15.7 Å². The Morgan fingerprint density at radius 1 is 1.19 bits per heavy atom. The molecular formula is C22H31F3N2O4. The molecule has 0 saturated heterocycles. The maximum Gasteiger partial charge on any atom is 0.418 e. The van der Waals surface area contributed by atoms with Gasteiger partial charge in [0.15, 0.2) is 0 Å². The smallest absolute Gasteiger partial charge is 0.418 e. The molecule has 1 aromatic carbocycles. The van der Waals surface area contributed by atoms with Crippen LogP contribution in [0.15, 0.2) is 18.2 Å². The van der Waals surface area contributed by atoms with Crippen LogP contribution in [0.25, 0.3) is 0 Å². The number of carbonyl (C=O) groups is 2. The quantitative estimate of drug-likeness (QED) is 0.608. The Balaban J connectivity index is 2.15. The van der Waals surface area contributed by atoms with Crippen molar-refractivity contribution >= 4 is 17.7 Å². The van der Waals surface area contributed by atoms with Crippen molar-refractivity contribution in [3.63, 3.8) is 0 Å². The summed E-state index contributed by atoms with van der Waals surface area (Å²) in [6.07, 6.45) is -4.51. The molecule has 0 aliphatic heterocycles. The molecule has 31 heavy (non-hydrogen) atoms. The van der Waals surface area contributed by atoms with Crippen LogP contribution in [0.2, 0.25) is 0 Å². The van der Waals surface area contributed by atoms with Crippen LogP contribution in [-0.4, -0.2) is 36.9 Å². The first kappa shape index (κ1) is 24.8. The number of ether oxygens (including phenoxy) is 2. The molecule has 9 heteroatoms. The van der Waals surface area contributed by atoms with Gasteiger partial charge in [0, 0.05) is 17.8 Å². The zero-order valence-electron chi connectivity index (χ0n) is 18.9. The van der Waals surface area contributed by atoms with Crippen molar-refractivity contribution in [1.82, 2.24) is 5.32 Å². The first-order valence-electron chi connectivity index (χ1n) is 10.1. The van der Waals surface area contributed by atoms with E-state index >= 15 is 0 Å². The summed E-state index contributed by atoms with van der Waals surface area (Å²) >= 11 is 0. The summed E-state index contributed by atoms with van der Waals surface area (Å²) in [7, 11) is 1.17. The third-order valence-electron chi connectivity index (χ3n) is 5.77. The van der Waals surface area contributed by atoms with E-state index in [-0.39, 0.29) is 34.7 Å². The summed E-state index contributed by atoms with van der Waals surface area (Å²) in [5.41, 5.74) is -2.00. The predicted molar refractivity (Wildman–Crippen MR) is 111 cm³/mol. The zero-order valence-corrected chi connectivity index (χ0v) is 18.9. The number of nitrogens with one attached hydrogen (secondary N) is 2. The van der Waals surface area contributed by atoms with Crippen LogP contribution in [0, 0.1) is 11.3 Å². The van der Waals surface area contributed by atoms with E-state index < -0.39 is 29.4 Å². The van der Waals surface area contributed by atoms with E-state index in [0.717, 1.165) is 18.2 Å². The van der Waals surface area contributed by atoms with Gasteiger partial charge in [-0.05, 0) is 63.6 Å². The fraction of sp³-hybridized carbons (Fsp3) is 0.636. The Kier molecular flexibility index (Phi) is 6.88. The normalized spacial score (nSPS) is 21.5. The number of amides is 1. The molecule has 174 valence electrons. The lowest BCUT2D eigenvalue weighted by Crippen LogP contribution is -2.62. The Labute approximate surface area is 180 Å². The molecule has 1 unspecified atom stereocenters. The van der Waals surface area contributed by atoms with Crippen LogP contribution in [0.4, 0.5) is 23.7 Å². The third kappa shape index (κ3) is 5.83. The van der Waals surface area contributed by atoms with Gasteiger partial charge in [-0.3, -0.25) is 0 Å². The maximum atomic E-state index is 13.5. The SMILES string of the molecule is COC(=O)c1ccc(C(F)(F)F)c(NC(C)[C@@H]2C[C@H](NC(=O)OC(C)(C)C)C2(C)C)c1. The van der Waals surface area contributed by atoms with Gasteiger partial charge in [0.25, 0.3) is 0 Å². The van der Waals surface area contributed by atoms with Crippen LogP contribution < -0.4 is 10.6 Å². The van der Waals surface area contributed by atoms with Crippen molar-refractivity contribution in [3.05, 3.63) is 29.3 Å². The second kappa shape index (κ2) is 8.59. The molecule has 1 aliphatic rings. The minimum absolute atomic E-state index is 0.0182. The van der Waals surface area contributed by atoms with E-state index in [1.165, 1.54) is 7.11 Å². The molecule has 0 aromatic heterocycles. The van der Waals surface area contributed by atoms with E-state index in [4.69, 9.17) is 4.74 Å².